The lowest BCUT2D eigenvalue weighted by Gasteiger charge is -2.39. The Hall–Kier alpha value is -3.30. The molecule has 0 aromatic heterocycles. The summed E-state index contributed by atoms with van der Waals surface area (Å²) in [6.45, 7) is 3.15. The van der Waals surface area contributed by atoms with Crippen molar-refractivity contribution in [1.82, 2.24) is 16.0 Å². The number of rotatable bonds is 21. The number of carbonyl (C=O) groups excluding carboxylic acids is 4. The van der Waals surface area contributed by atoms with E-state index in [0.717, 1.165) is 0 Å². The molecule has 1 saturated carbocycles. The van der Waals surface area contributed by atoms with Crippen molar-refractivity contribution in [2.45, 2.75) is 44.8 Å². The third-order valence-electron chi connectivity index (χ3n) is 6.61. The van der Waals surface area contributed by atoms with Gasteiger partial charge in [-0.25, -0.2) is 4.79 Å². The van der Waals surface area contributed by atoms with Gasteiger partial charge in [0.15, 0.2) is 0 Å². The molecule has 5 amide bonds. The number of nitrogens with two attached hydrogens (primary N) is 2. The van der Waals surface area contributed by atoms with Crippen molar-refractivity contribution in [3.63, 3.8) is 0 Å². The first-order valence-electron chi connectivity index (χ1n) is 13.9. The van der Waals surface area contributed by atoms with Crippen LogP contribution in [0.25, 0.3) is 0 Å². The summed E-state index contributed by atoms with van der Waals surface area (Å²) in [7, 11) is 0. The number of nitrogens with one attached hydrogen (secondary N) is 4. The molecule has 41 heavy (non-hydrogen) atoms. The lowest BCUT2D eigenvalue weighted by molar-refractivity contribution is -0.151. The van der Waals surface area contributed by atoms with Gasteiger partial charge >= 0.3 is 6.03 Å². The van der Waals surface area contributed by atoms with Crippen LogP contribution < -0.4 is 32.7 Å². The summed E-state index contributed by atoms with van der Waals surface area (Å²) >= 11 is 0. The lowest BCUT2D eigenvalue weighted by atomic mass is 9.67. The Balaban J connectivity index is 1.85. The van der Waals surface area contributed by atoms with Crippen LogP contribution in [0.3, 0.4) is 0 Å². The number of aliphatic hydroxyl groups is 1. The van der Waals surface area contributed by atoms with Gasteiger partial charge in [-0.2, -0.15) is 0 Å². The van der Waals surface area contributed by atoms with Gasteiger partial charge in [-0.3, -0.25) is 14.4 Å². The molecule has 1 aliphatic rings. The van der Waals surface area contributed by atoms with Crippen molar-refractivity contribution in [1.29, 1.82) is 0 Å². The second kappa shape index (κ2) is 18.9. The molecule has 230 valence electrons. The number of hydrogen-bond acceptors (Lipinski definition) is 9. The van der Waals surface area contributed by atoms with Crippen LogP contribution in [0, 0.1) is 5.41 Å². The van der Waals surface area contributed by atoms with Crippen molar-refractivity contribution in [2.24, 2.45) is 16.9 Å². The summed E-state index contributed by atoms with van der Waals surface area (Å²) in [4.78, 5) is 50.5. The van der Waals surface area contributed by atoms with E-state index in [1.807, 2.05) is 0 Å². The molecule has 1 atom stereocenters. The van der Waals surface area contributed by atoms with E-state index < -0.39 is 35.2 Å². The van der Waals surface area contributed by atoms with Crippen molar-refractivity contribution >= 4 is 29.4 Å². The predicted octanol–water partition coefficient (Wildman–Crippen LogP) is -0.654. The third kappa shape index (κ3) is 12.0. The molecule has 0 bridgehead atoms. The number of aliphatic hydroxyl groups excluding tert-OH is 1. The van der Waals surface area contributed by atoms with Gasteiger partial charge in [-0.15, -0.1) is 0 Å². The van der Waals surface area contributed by atoms with Gasteiger partial charge in [0.25, 0.3) is 0 Å². The Labute approximate surface area is 240 Å². The van der Waals surface area contributed by atoms with E-state index >= 15 is 0 Å². The highest BCUT2D eigenvalue weighted by Crippen LogP contribution is 2.41. The van der Waals surface area contributed by atoms with Crippen LogP contribution in [0.2, 0.25) is 0 Å². The first kappa shape index (κ1) is 33.9. The first-order chi connectivity index (χ1) is 19.8. The number of urea groups is 1. The summed E-state index contributed by atoms with van der Waals surface area (Å²) in [6, 6.07) is 4.99. The fourth-order valence-corrected chi connectivity index (χ4v) is 4.12. The summed E-state index contributed by atoms with van der Waals surface area (Å²) in [5.41, 5.74) is 10.4. The molecule has 1 fully saturated rings. The second-order valence-electron chi connectivity index (χ2n) is 9.62. The SMILES string of the molecule is NCCOCCOCCOCCNC(=O)C1(C(=O)NC(CCCNC(N)=O)C(=O)Nc2ccc(CO)cc2)CCC1. The minimum atomic E-state index is -1.26. The van der Waals surface area contributed by atoms with Crippen LogP contribution in [-0.2, 0) is 35.2 Å². The normalized spacial score (nSPS) is 14.4. The zero-order valence-electron chi connectivity index (χ0n) is 23.5. The molecule has 0 aliphatic heterocycles. The fourth-order valence-electron chi connectivity index (χ4n) is 4.12. The first-order valence-corrected chi connectivity index (χ1v) is 13.9. The molecule has 14 nitrogen and oxygen atoms in total. The summed E-state index contributed by atoms with van der Waals surface area (Å²) < 4.78 is 16.0. The van der Waals surface area contributed by atoms with E-state index in [1.165, 1.54) is 0 Å². The summed E-state index contributed by atoms with van der Waals surface area (Å²) in [5.74, 6) is -1.40. The van der Waals surface area contributed by atoms with Gasteiger partial charge < -0.3 is 52.1 Å². The van der Waals surface area contributed by atoms with Gasteiger partial charge in [0.05, 0.1) is 46.2 Å². The Bertz CT molecular complexity index is 958. The Morgan fingerprint density at radius 1 is 0.878 bits per heavy atom. The Kier molecular flexibility index (Phi) is 15.7. The zero-order valence-corrected chi connectivity index (χ0v) is 23.5. The second-order valence-corrected chi connectivity index (χ2v) is 9.62. The highest BCUT2D eigenvalue weighted by molar-refractivity contribution is 6.07. The largest absolute Gasteiger partial charge is 0.392 e. The van der Waals surface area contributed by atoms with E-state index in [0.29, 0.717) is 76.5 Å². The quantitative estimate of drug-likeness (QED) is 0.0725. The minimum Gasteiger partial charge on any atom is -0.392 e. The van der Waals surface area contributed by atoms with E-state index in [4.69, 9.17) is 25.7 Å². The molecule has 0 heterocycles. The highest BCUT2D eigenvalue weighted by Gasteiger charge is 2.51. The molecule has 14 heteroatoms. The van der Waals surface area contributed by atoms with Gasteiger partial charge in [0.2, 0.25) is 17.7 Å². The minimum absolute atomic E-state index is 0.129. The van der Waals surface area contributed by atoms with Gasteiger partial charge in [-0.05, 0) is 43.4 Å². The van der Waals surface area contributed by atoms with Crippen molar-refractivity contribution < 1.29 is 38.5 Å². The van der Waals surface area contributed by atoms with Crippen LogP contribution in [0.15, 0.2) is 24.3 Å². The number of amides is 5. The maximum atomic E-state index is 13.3. The van der Waals surface area contributed by atoms with E-state index in [-0.39, 0.29) is 32.7 Å². The summed E-state index contributed by atoms with van der Waals surface area (Å²) in [6.07, 6.45) is 2.02. The van der Waals surface area contributed by atoms with Crippen LogP contribution in [0.4, 0.5) is 10.5 Å². The Morgan fingerprint density at radius 2 is 1.51 bits per heavy atom. The Morgan fingerprint density at radius 3 is 2.07 bits per heavy atom. The van der Waals surface area contributed by atoms with Gasteiger partial charge in [0, 0.05) is 25.3 Å². The molecular weight excluding hydrogens is 536 g/mol. The van der Waals surface area contributed by atoms with Crippen molar-refractivity contribution in [3.05, 3.63) is 29.8 Å². The molecule has 0 radical (unpaired) electrons. The molecule has 0 saturated heterocycles. The standard InChI is InChI=1S/C27H44N6O8/c28-10-13-39-15-17-41-18-16-40-14-12-30-24(36)27(8-2-9-27)25(37)33-22(3-1-11-31-26(29)38)23(35)32-21-6-4-20(19-34)5-7-21/h4-7,22,34H,1-3,8-19,28H2,(H,30,36)(H,32,35)(H,33,37)(H3,29,31,38). The van der Waals surface area contributed by atoms with E-state index in [1.54, 1.807) is 24.3 Å². The molecule has 1 aromatic rings. The maximum absolute atomic E-state index is 13.3. The van der Waals surface area contributed by atoms with Gasteiger partial charge in [-0.1, -0.05) is 18.6 Å². The molecule has 9 N–H and O–H groups in total. The highest BCUT2D eigenvalue weighted by atomic mass is 16.5. The zero-order chi connectivity index (χ0) is 29.9. The third-order valence-corrected chi connectivity index (χ3v) is 6.61. The molecule has 1 aromatic carbocycles. The predicted molar refractivity (Wildman–Crippen MR) is 151 cm³/mol. The molecule has 1 aliphatic carbocycles. The van der Waals surface area contributed by atoms with Gasteiger partial charge in [0.1, 0.15) is 11.5 Å². The number of hydrogen-bond donors (Lipinski definition) is 7. The molecular formula is C27H44N6O8. The van der Waals surface area contributed by atoms with E-state index in [2.05, 4.69) is 21.3 Å². The molecule has 2 rings (SSSR count). The molecule has 1 unspecified atom stereocenters. The van der Waals surface area contributed by atoms with Crippen molar-refractivity contribution in [3.8, 4) is 0 Å². The number of ether oxygens (including phenoxy) is 3. The van der Waals surface area contributed by atoms with Crippen LogP contribution in [0.1, 0.15) is 37.7 Å². The molecule has 0 spiro atoms. The topological polar surface area (TPSA) is 216 Å². The average Bonchev–Trinajstić information content (AvgIpc) is 2.93. The smallest absolute Gasteiger partial charge is 0.312 e. The number of anilines is 1. The average molecular weight is 581 g/mol. The maximum Gasteiger partial charge on any atom is 0.312 e. The summed E-state index contributed by atoms with van der Waals surface area (Å²) in [5, 5.41) is 20.0. The van der Waals surface area contributed by atoms with E-state index in [9.17, 15) is 24.3 Å². The van der Waals surface area contributed by atoms with Crippen LogP contribution in [0.5, 0.6) is 0 Å². The number of primary amides is 1. The fraction of sp³-hybridized carbons (Fsp3) is 0.630. The van der Waals surface area contributed by atoms with Crippen LogP contribution in [-0.4, -0.2) is 94.2 Å². The monoisotopic (exact) mass is 580 g/mol. The van der Waals surface area contributed by atoms with Crippen LogP contribution >= 0.6 is 0 Å². The lowest BCUT2D eigenvalue weighted by Crippen LogP contribution is -2.58. The number of benzene rings is 1. The number of carbonyl (C=O) groups is 4. The van der Waals surface area contributed by atoms with Crippen molar-refractivity contribution in [2.75, 3.05) is 64.6 Å².